The van der Waals surface area contributed by atoms with Crippen molar-refractivity contribution in [3.63, 3.8) is 0 Å². The van der Waals surface area contributed by atoms with Gasteiger partial charge in [0.05, 0.1) is 18.1 Å². The third-order valence-corrected chi connectivity index (χ3v) is 3.30. The molecule has 5 heteroatoms. The zero-order valence-electron chi connectivity index (χ0n) is 10.8. The SMILES string of the molecule is C=CC(=O)NCC(c1cn(C)cn1)N1CCCC1. The molecule has 0 spiro atoms. The Labute approximate surface area is 107 Å². The zero-order valence-corrected chi connectivity index (χ0v) is 10.8. The van der Waals surface area contributed by atoms with Gasteiger partial charge in [0.2, 0.25) is 5.91 Å². The highest BCUT2D eigenvalue weighted by atomic mass is 16.1. The van der Waals surface area contributed by atoms with Crippen LogP contribution in [0, 0.1) is 0 Å². The van der Waals surface area contributed by atoms with Gasteiger partial charge in [-0.1, -0.05) is 6.58 Å². The fourth-order valence-corrected chi connectivity index (χ4v) is 2.35. The fraction of sp³-hybridized carbons (Fsp3) is 0.538. The van der Waals surface area contributed by atoms with Gasteiger partial charge in [-0.25, -0.2) is 4.98 Å². The Morgan fingerprint density at radius 1 is 1.61 bits per heavy atom. The molecule has 98 valence electrons. The smallest absolute Gasteiger partial charge is 0.243 e. The predicted molar refractivity (Wildman–Crippen MR) is 70.0 cm³/mol. The molecule has 0 aromatic carbocycles. The van der Waals surface area contributed by atoms with Crippen LogP contribution in [0.15, 0.2) is 25.2 Å². The maximum Gasteiger partial charge on any atom is 0.243 e. The number of rotatable bonds is 5. The third-order valence-electron chi connectivity index (χ3n) is 3.30. The number of carbonyl (C=O) groups excluding carboxylic acids is 1. The molecule has 2 rings (SSSR count). The molecule has 0 saturated carbocycles. The van der Waals surface area contributed by atoms with Gasteiger partial charge in [0.25, 0.3) is 0 Å². The van der Waals surface area contributed by atoms with Crippen molar-refractivity contribution in [1.82, 2.24) is 19.8 Å². The molecular formula is C13H20N4O. The summed E-state index contributed by atoms with van der Waals surface area (Å²) in [5, 5.41) is 2.87. The number of hydrogen-bond acceptors (Lipinski definition) is 3. The molecule has 1 amide bonds. The number of amides is 1. The lowest BCUT2D eigenvalue weighted by molar-refractivity contribution is -0.116. The Morgan fingerprint density at radius 3 is 2.89 bits per heavy atom. The lowest BCUT2D eigenvalue weighted by Gasteiger charge is -2.26. The fourth-order valence-electron chi connectivity index (χ4n) is 2.35. The number of imidazole rings is 1. The number of aromatic nitrogens is 2. The van der Waals surface area contributed by atoms with Crippen molar-refractivity contribution in [3.05, 3.63) is 30.9 Å². The van der Waals surface area contributed by atoms with E-state index >= 15 is 0 Å². The Kier molecular flexibility index (Phi) is 4.15. The first-order valence-corrected chi connectivity index (χ1v) is 6.33. The molecule has 0 bridgehead atoms. The van der Waals surface area contributed by atoms with Gasteiger partial charge in [0, 0.05) is 19.8 Å². The van der Waals surface area contributed by atoms with Gasteiger partial charge >= 0.3 is 0 Å². The van der Waals surface area contributed by atoms with Gasteiger partial charge in [-0.05, 0) is 32.0 Å². The summed E-state index contributed by atoms with van der Waals surface area (Å²) in [5.74, 6) is -0.130. The molecule has 1 fully saturated rings. The van der Waals surface area contributed by atoms with Crippen LogP contribution in [0.25, 0.3) is 0 Å². The summed E-state index contributed by atoms with van der Waals surface area (Å²) in [5.41, 5.74) is 1.02. The second kappa shape index (κ2) is 5.82. The minimum Gasteiger partial charge on any atom is -0.351 e. The molecule has 0 radical (unpaired) electrons. The van der Waals surface area contributed by atoms with Crippen LogP contribution >= 0.6 is 0 Å². The highest BCUT2D eigenvalue weighted by Crippen LogP contribution is 2.23. The zero-order chi connectivity index (χ0) is 13.0. The Morgan fingerprint density at radius 2 is 2.33 bits per heavy atom. The van der Waals surface area contributed by atoms with Crippen molar-refractivity contribution >= 4 is 5.91 Å². The average Bonchev–Trinajstić information content (AvgIpc) is 3.01. The summed E-state index contributed by atoms with van der Waals surface area (Å²) in [7, 11) is 1.96. The number of nitrogens with one attached hydrogen (secondary N) is 1. The maximum atomic E-state index is 11.3. The molecule has 1 atom stereocenters. The molecule has 1 aliphatic heterocycles. The van der Waals surface area contributed by atoms with Gasteiger partial charge in [-0.3, -0.25) is 9.69 Å². The van der Waals surface area contributed by atoms with Gasteiger partial charge in [0.15, 0.2) is 0 Å². The molecule has 0 aliphatic carbocycles. The third kappa shape index (κ3) is 2.98. The van der Waals surface area contributed by atoms with Crippen LogP contribution in [-0.2, 0) is 11.8 Å². The quantitative estimate of drug-likeness (QED) is 0.786. The van der Waals surface area contributed by atoms with E-state index in [1.54, 1.807) is 6.33 Å². The molecule has 2 heterocycles. The summed E-state index contributed by atoms with van der Waals surface area (Å²) in [6, 6.07) is 0.164. The summed E-state index contributed by atoms with van der Waals surface area (Å²) in [6.07, 6.45) is 7.56. The first-order chi connectivity index (χ1) is 8.70. The van der Waals surface area contributed by atoms with Crippen LogP contribution in [0.5, 0.6) is 0 Å². The topological polar surface area (TPSA) is 50.2 Å². The number of nitrogens with zero attached hydrogens (tertiary/aromatic N) is 3. The van der Waals surface area contributed by atoms with Crippen LogP contribution in [0.1, 0.15) is 24.6 Å². The monoisotopic (exact) mass is 248 g/mol. The highest BCUT2D eigenvalue weighted by molar-refractivity contribution is 5.86. The molecule has 5 nitrogen and oxygen atoms in total. The minimum absolute atomic E-state index is 0.130. The largest absolute Gasteiger partial charge is 0.351 e. The van der Waals surface area contributed by atoms with Gasteiger partial charge < -0.3 is 9.88 Å². The molecule has 18 heavy (non-hydrogen) atoms. The van der Waals surface area contributed by atoms with Crippen LogP contribution < -0.4 is 5.32 Å². The van der Waals surface area contributed by atoms with E-state index in [2.05, 4.69) is 21.8 Å². The molecule has 1 aromatic heterocycles. The van der Waals surface area contributed by atoms with Crippen LogP contribution in [0.2, 0.25) is 0 Å². The standard InChI is InChI=1S/C13H20N4O/c1-3-13(18)14-8-12(17-6-4-5-7-17)11-9-16(2)10-15-11/h3,9-10,12H,1,4-8H2,2H3,(H,14,18). The molecule has 1 saturated heterocycles. The lowest BCUT2D eigenvalue weighted by Crippen LogP contribution is -2.36. The van der Waals surface area contributed by atoms with Crippen LogP contribution in [0.3, 0.4) is 0 Å². The molecule has 1 aromatic rings. The van der Waals surface area contributed by atoms with Crippen molar-refractivity contribution in [1.29, 1.82) is 0 Å². The first kappa shape index (κ1) is 12.8. The summed E-state index contributed by atoms with van der Waals surface area (Å²) >= 11 is 0. The summed E-state index contributed by atoms with van der Waals surface area (Å²) < 4.78 is 1.94. The van der Waals surface area contributed by atoms with Crippen LogP contribution in [0.4, 0.5) is 0 Å². The van der Waals surface area contributed by atoms with Gasteiger partial charge in [-0.15, -0.1) is 0 Å². The van der Waals surface area contributed by atoms with E-state index in [-0.39, 0.29) is 11.9 Å². The Balaban J connectivity index is 2.07. The van der Waals surface area contributed by atoms with Crippen molar-refractivity contribution < 1.29 is 4.79 Å². The van der Waals surface area contributed by atoms with Crippen molar-refractivity contribution in [2.75, 3.05) is 19.6 Å². The van der Waals surface area contributed by atoms with Crippen molar-refractivity contribution in [3.8, 4) is 0 Å². The van der Waals surface area contributed by atoms with E-state index < -0.39 is 0 Å². The second-order valence-electron chi connectivity index (χ2n) is 4.67. The van der Waals surface area contributed by atoms with E-state index in [4.69, 9.17) is 0 Å². The summed E-state index contributed by atoms with van der Waals surface area (Å²) in [4.78, 5) is 18.1. The Bertz CT molecular complexity index is 420. The van der Waals surface area contributed by atoms with E-state index in [1.807, 2.05) is 17.8 Å². The minimum atomic E-state index is -0.130. The number of carbonyl (C=O) groups is 1. The number of likely N-dealkylation sites (tertiary alicyclic amines) is 1. The Hall–Kier alpha value is -1.62. The normalized spacial score (nSPS) is 17.6. The second-order valence-corrected chi connectivity index (χ2v) is 4.67. The van der Waals surface area contributed by atoms with Crippen LogP contribution in [-0.4, -0.2) is 40.0 Å². The molecular weight excluding hydrogens is 228 g/mol. The lowest BCUT2D eigenvalue weighted by atomic mass is 10.2. The van der Waals surface area contributed by atoms with Crippen molar-refractivity contribution in [2.24, 2.45) is 7.05 Å². The van der Waals surface area contributed by atoms with E-state index in [0.717, 1.165) is 18.8 Å². The van der Waals surface area contributed by atoms with E-state index in [1.165, 1.54) is 18.9 Å². The number of aryl methyl sites for hydroxylation is 1. The van der Waals surface area contributed by atoms with E-state index in [9.17, 15) is 4.79 Å². The van der Waals surface area contributed by atoms with Crippen molar-refractivity contribution in [2.45, 2.75) is 18.9 Å². The predicted octanol–water partition coefficient (Wildman–Crippen LogP) is 0.859. The highest BCUT2D eigenvalue weighted by Gasteiger charge is 2.25. The van der Waals surface area contributed by atoms with Gasteiger partial charge in [0.1, 0.15) is 0 Å². The molecule has 1 N–H and O–H groups in total. The van der Waals surface area contributed by atoms with Gasteiger partial charge in [-0.2, -0.15) is 0 Å². The first-order valence-electron chi connectivity index (χ1n) is 6.33. The van der Waals surface area contributed by atoms with E-state index in [0.29, 0.717) is 6.54 Å². The number of hydrogen-bond donors (Lipinski definition) is 1. The molecule has 1 unspecified atom stereocenters. The summed E-state index contributed by atoms with van der Waals surface area (Å²) in [6.45, 7) is 6.20. The average molecular weight is 248 g/mol. The molecule has 1 aliphatic rings. The maximum absolute atomic E-state index is 11.3.